The van der Waals surface area contributed by atoms with Crippen LogP contribution in [0.5, 0.6) is 0 Å². The molecule has 0 N–H and O–H groups in total. The molecule has 0 aliphatic heterocycles. The summed E-state index contributed by atoms with van der Waals surface area (Å²) in [5.41, 5.74) is 0.616. The topological polar surface area (TPSA) is 44.0 Å². The number of nitrogens with zero attached hydrogens (tertiary/aromatic N) is 2. The lowest BCUT2D eigenvalue weighted by Gasteiger charge is -2.11. The highest BCUT2D eigenvalue weighted by atomic mass is 19.1. The molecule has 0 bridgehead atoms. The van der Waals surface area contributed by atoms with Crippen LogP contribution in [-0.2, 0) is 13.6 Å². The average molecular weight is 316 g/mol. The Bertz CT molecular complexity index is 1010. The number of halogens is 2. The van der Waals surface area contributed by atoms with Crippen LogP contribution in [0.15, 0.2) is 46.0 Å². The molecule has 0 amide bonds. The minimum Gasteiger partial charge on any atom is -0.296 e. The molecule has 2 aromatic carbocycles. The van der Waals surface area contributed by atoms with Gasteiger partial charge < -0.3 is 0 Å². The zero-order chi connectivity index (χ0) is 16.7. The van der Waals surface area contributed by atoms with E-state index in [1.165, 1.54) is 4.57 Å². The summed E-state index contributed by atoms with van der Waals surface area (Å²) in [4.78, 5) is 25.0. The van der Waals surface area contributed by atoms with Crippen molar-refractivity contribution in [3.8, 4) is 0 Å². The number of benzene rings is 2. The predicted octanol–water partition coefficient (Wildman–Crippen LogP) is 2.34. The van der Waals surface area contributed by atoms with Crippen molar-refractivity contribution in [3.05, 3.63) is 80.0 Å². The highest BCUT2D eigenvalue weighted by molar-refractivity contribution is 5.78. The summed E-state index contributed by atoms with van der Waals surface area (Å²) in [6.45, 7) is 1.65. The third kappa shape index (κ3) is 2.67. The second kappa shape index (κ2) is 5.46. The van der Waals surface area contributed by atoms with Crippen LogP contribution < -0.4 is 11.2 Å². The predicted molar refractivity (Wildman–Crippen MR) is 83.6 cm³/mol. The first kappa shape index (κ1) is 15.1. The van der Waals surface area contributed by atoms with Gasteiger partial charge in [-0.25, -0.2) is 13.6 Å². The standard InChI is InChI=1S/C17H14F2N2O2/c1-10-3-4-15-14(5-10)16(22)21(17(23)20(15)2)9-11-6-12(18)8-13(19)7-11/h3-8H,9H2,1-2H3. The Morgan fingerprint density at radius 3 is 2.30 bits per heavy atom. The summed E-state index contributed by atoms with van der Waals surface area (Å²) in [5.74, 6) is -1.50. The first-order chi connectivity index (χ1) is 10.9. The number of hydrogen-bond acceptors (Lipinski definition) is 2. The molecule has 0 aliphatic carbocycles. The molecule has 118 valence electrons. The summed E-state index contributed by atoms with van der Waals surface area (Å²) >= 11 is 0. The van der Waals surface area contributed by atoms with E-state index in [1.807, 2.05) is 13.0 Å². The van der Waals surface area contributed by atoms with Crippen molar-refractivity contribution in [2.75, 3.05) is 0 Å². The Balaban J connectivity index is 2.25. The second-order valence-corrected chi connectivity index (χ2v) is 5.53. The van der Waals surface area contributed by atoms with E-state index in [-0.39, 0.29) is 12.1 Å². The quantitative estimate of drug-likeness (QED) is 0.728. The molecular weight excluding hydrogens is 302 g/mol. The van der Waals surface area contributed by atoms with Gasteiger partial charge in [-0.15, -0.1) is 0 Å². The largest absolute Gasteiger partial charge is 0.331 e. The zero-order valence-electron chi connectivity index (χ0n) is 12.6. The van der Waals surface area contributed by atoms with Crippen LogP contribution in [0.2, 0.25) is 0 Å². The fraction of sp³-hybridized carbons (Fsp3) is 0.176. The molecule has 3 aromatic rings. The van der Waals surface area contributed by atoms with Gasteiger partial charge >= 0.3 is 5.69 Å². The van der Waals surface area contributed by atoms with E-state index in [0.717, 1.165) is 28.3 Å². The van der Waals surface area contributed by atoms with E-state index in [0.29, 0.717) is 10.9 Å². The molecule has 0 aliphatic rings. The number of aryl methyl sites for hydroxylation is 2. The van der Waals surface area contributed by atoms with Crippen LogP contribution >= 0.6 is 0 Å². The van der Waals surface area contributed by atoms with E-state index in [4.69, 9.17) is 0 Å². The summed E-state index contributed by atoms with van der Waals surface area (Å²) in [6.07, 6.45) is 0. The van der Waals surface area contributed by atoms with Crippen molar-refractivity contribution < 1.29 is 8.78 Å². The summed E-state index contributed by atoms with van der Waals surface area (Å²) < 4.78 is 28.9. The summed E-state index contributed by atoms with van der Waals surface area (Å²) in [5, 5.41) is 0.393. The maximum Gasteiger partial charge on any atom is 0.331 e. The highest BCUT2D eigenvalue weighted by Gasteiger charge is 2.12. The van der Waals surface area contributed by atoms with Crippen molar-refractivity contribution in [3.63, 3.8) is 0 Å². The van der Waals surface area contributed by atoms with E-state index in [2.05, 4.69) is 0 Å². The van der Waals surface area contributed by atoms with Crippen LogP contribution in [0.25, 0.3) is 10.9 Å². The van der Waals surface area contributed by atoms with Crippen molar-refractivity contribution >= 4 is 10.9 Å². The van der Waals surface area contributed by atoms with Gasteiger partial charge in [0.15, 0.2) is 0 Å². The zero-order valence-corrected chi connectivity index (χ0v) is 12.6. The fourth-order valence-corrected chi connectivity index (χ4v) is 2.65. The lowest BCUT2D eigenvalue weighted by molar-refractivity contribution is 0.574. The molecule has 0 saturated heterocycles. The van der Waals surface area contributed by atoms with E-state index < -0.39 is 22.9 Å². The number of rotatable bonds is 2. The molecule has 0 radical (unpaired) electrons. The molecule has 4 nitrogen and oxygen atoms in total. The van der Waals surface area contributed by atoms with Gasteiger partial charge in [-0.1, -0.05) is 11.6 Å². The lowest BCUT2D eigenvalue weighted by atomic mass is 10.1. The average Bonchev–Trinajstić information content (AvgIpc) is 2.48. The number of fused-ring (bicyclic) bond motifs is 1. The van der Waals surface area contributed by atoms with Crippen molar-refractivity contribution in [1.29, 1.82) is 0 Å². The SMILES string of the molecule is Cc1ccc2c(c1)c(=O)n(Cc1cc(F)cc(F)c1)c(=O)n2C. The summed E-state index contributed by atoms with van der Waals surface area (Å²) in [6, 6.07) is 8.17. The van der Waals surface area contributed by atoms with Gasteiger partial charge in [-0.3, -0.25) is 13.9 Å². The Hall–Kier alpha value is -2.76. The Morgan fingerprint density at radius 2 is 1.65 bits per heavy atom. The fourth-order valence-electron chi connectivity index (χ4n) is 2.65. The monoisotopic (exact) mass is 316 g/mol. The van der Waals surface area contributed by atoms with Gasteiger partial charge in [0.1, 0.15) is 11.6 Å². The number of hydrogen-bond donors (Lipinski definition) is 0. The third-order valence-electron chi connectivity index (χ3n) is 3.77. The minimum absolute atomic E-state index is 0.190. The first-order valence-corrected chi connectivity index (χ1v) is 7.02. The Labute approximate surface area is 130 Å². The van der Waals surface area contributed by atoms with Gasteiger partial charge in [0.25, 0.3) is 5.56 Å². The first-order valence-electron chi connectivity index (χ1n) is 7.02. The Morgan fingerprint density at radius 1 is 1.00 bits per heavy atom. The van der Waals surface area contributed by atoms with Crippen molar-refractivity contribution in [1.82, 2.24) is 9.13 Å². The summed E-state index contributed by atoms with van der Waals surface area (Å²) in [7, 11) is 1.56. The molecule has 0 saturated carbocycles. The van der Waals surface area contributed by atoms with E-state index in [9.17, 15) is 18.4 Å². The normalized spacial score (nSPS) is 11.1. The molecule has 1 heterocycles. The van der Waals surface area contributed by atoms with Crippen LogP contribution in [0.3, 0.4) is 0 Å². The molecule has 0 spiro atoms. The van der Waals surface area contributed by atoms with Gasteiger partial charge in [0.2, 0.25) is 0 Å². The van der Waals surface area contributed by atoms with Crippen molar-refractivity contribution in [2.24, 2.45) is 7.05 Å². The lowest BCUT2D eigenvalue weighted by Crippen LogP contribution is -2.39. The second-order valence-electron chi connectivity index (χ2n) is 5.53. The van der Waals surface area contributed by atoms with Gasteiger partial charge in [-0.2, -0.15) is 0 Å². The highest BCUT2D eigenvalue weighted by Crippen LogP contribution is 2.11. The van der Waals surface area contributed by atoms with Crippen LogP contribution in [-0.4, -0.2) is 9.13 Å². The molecule has 23 heavy (non-hydrogen) atoms. The maximum atomic E-state index is 13.3. The molecule has 0 unspecified atom stereocenters. The van der Waals surface area contributed by atoms with E-state index >= 15 is 0 Å². The van der Waals surface area contributed by atoms with Gasteiger partial charge in [-0.05, 0) is 36.8 Å². The van der Waals surface area contributed by atoms with Crippen LogP contribution in [0.4, 0.5) is 8.78 Å². The maximum absolute atomic E-state index is 13.3. The number of aromatic nitrogens is 2. The van der Waals surface area contributed by atoms with Gasteiger partial charge in [0, 0.05) is 13.1 Å². The molecule has 0 fully saturated rings. The van der Waals surface area contributed by atoms with Crippen molar-refractivity contribution in [2.45, 2.75) is 13.5 Å². The molecule has 6 heteroatoms. The van der Waals surface area contributed by atoms with Crippen LogP contribution in [0.1, 0.15) is 11.1 Å². The van der Waals surface area contributed by atoms with E-state index in [1.54, 1.807) is 19.2 Å². The molecule has 1 aromatic heterocycles. The minimum atomic E-state index is -0.749. The third-order valence-corrected chi connectivity index (χ3v) is 3.77. The molecular formula is C17H14F2N2O2. The molecule has 0 atom stereocenters. The Kier molecular flexibility index (Phi) is 3.60. The molecule has 3 rings (SSSR count). The van der Waals surface area contributed by atoms with Crippen LogP contribution in [0, 0.1) is 18.6 Å². The smallest absolute Gasteiger partial charge is 0.296 e. The van der Waals surface area contributed by atoms with Gasteiger partial charge in [0.05, 0.1) is 17.4 Å².